The van der Waals surface area contributed by atoms with Gasteiger partial charge in [0.25, 0.3) is 5.91 Å². The van der Waals surface area contributed by atoms with Gasteiger partial charge in [0.2, 0.25) is 0 Å². The summed E-state index contributed by atoms with van der Waals surface area (Å²) >= 11 is 0. The summed E-state index contributed by atoms with van der Waals surface area (Å²) < 4.78 is 0. The van der Waals surface area contributed by atoms with Crippen LogP contribution in [0.1, 0.15) is 28.8 Å². The fraction of sp³-hybridized carbons (Fsp3) is 0.250. The van der Waals surface area contributed by atoms with Gasteiger partial charge in [0.05, 0.1) is 11.3 Å². The van der Waals surface area contributed by atoms with Gasteiger partial charge in [-0.3, -0.25) is 9.69 Å². The maximum atomic E-state index is 11.9. The van der Waals surface area contributed by atoms with E-state index in [1.165, 1.54) is 0 Å². The zero-order valence-corrected chi connectivity index (χ0v) is 14.0. The van der Waals surface area contributed by atoms with Crippen molar-refractivity contribution in [1.29, 1.82) is 0 Å². The van der Waals surface area contributed by atoms with Crippen LogP contribution in [0.15, 0.2) is 49.0 Å². The van der Waals surface area contributed by atoms with Gasteiger partial charge < -0.3 is 11.5 Å². The molecule has 1 unspecified atom stereocenters. The SMILES string of the molecule is C=C(c1cc(-c2ccccc2)cc(C(N)=O)c1N)C1CCCN1C. The van der Waals surface area contributed by atoms with Crippen LogP contribution in [0.2, 0.25) is 0 Å². The summed E-state index contributed by atoms with van der Waals surface area (Å²) in [5.41, 5.74) is 16.3. The average Bonchev–Trinajstić information content (AvgIpc) is 3.01. The molecular weight excluding hydrogens is 298 g/mol. The van der Waals surface area contributed by atoms with Crippen molar-refractivity contribution in [3.63, 3.8) is 0 Å². The molecule has 2 aromatic carbocycles. The normalized spacial score (nSPS) is 17.8. The molecule has 1 aliphatic heterocycles. The number of rotatable bonds is 4. The van der Waals surface area contributed by atoms with Crippen molar-refractivity contribution in [3.05, 3.63) is 60.2 Å². The van der Waals surface area contributed by atoms with Crippen molar-refractivity contribution in [2.45, 2.75) is 18.9 Å². The molecule has 24 heavy (non-hydrogen) atoms. The summed E-state index contributed by atoms with van der Waals surface area (Å²) in [4.78, 5) is 14.1. The lowest BCUT2D eigenvalue weighted by molar-refractivity contribution is 0.100. The van der Waals surface area contributed by atoms with E-state index < -0.39 is 5.91 Å². The largest absolute Gasteiger partial charge is 0.398 e. The second-order valence-corrected chi connectivity index (χ2v) is 6.38. The number of likely N-dealkylation sites (N-methyl/N-ethyl adjacent to an activating group) is 1. The van der Waals surface area contributed by atoms with Crippen LogP contribution in [0.4, 0.5) is 5.69 Å². The van der Waals surface area contributed by atoms with Crippen molar-refractivity contribution in [3.8, 4) is 11.1 Å². The molecule has 1 aliphatic rings. The molecule has 0 radical (unpaired) electrons. The van der Waals surface area contributed by atoms with Crippen LogP contribution < -0.4 is 11.5 Å². The number of nitrogens with two attached hydrogens (primary N) is 2. The van der Waals surface area contributed by atoms with Crippen molar-refractivity contribution in [2.24, 2.45) is 5.73 Å². The molecule has 1 saturated heterocycles. The minimum absolute atomic E-state index is 0.249. The van der Waals surface area contributed by atoms with Crippen LogP contribution >= 0.6 is 0 Å². The molecule has 4 heteroatoms. The second kappa shape index (κ2) is 6.49. The molecule has 0 bridgehead atoms. The van der Waals surface area contributed by atoms with E-state index in [9.17, 15) is 4.79 Å². The predicted molar refractivity (Wildman–Crippen MR) is 99.5 cm³/mol. The molecule has 0 aromatic heterocycles. The zero-order chi connectivity index (χ0) is 17.3. The molecule has 1 fully saturated rings. The van der Waals surface area contributed by atoms with E-state index in [4.69, 9.17) is 11.5 Å². The summed E-state index contributed by atoms with van der Waals surface area (Å²) in [5.74, 6) is -0.515. The third kappa shape index (κ3) is 2.93. The number of carbonyl (C=O) groups excluding carboxylic acids is 1. The summed E-state index contributed by atoms with van der Waals surface area (Å²) in [7, 11) is 2.09. The van der Waals surface area contributed by atoms with Gasteiger partial charge in [-0.1, -0.05) is 36.9 Å². The highest BCUT2D eigenvalue weighted by Crippen LogP contribution is 2.35. The van der Waals surface area contributed by atoms with Gasteiger partial charge in [-0.25, -0.2) is 0 Å². The lowest BCUT2D eigenvalue weighted by Crippen LogP contribution is -2.26. The van der Waals surface area contributed by atoms with Crippen molar-refractivity contribution < 1.29 is 4.79 Å². The number of primary amides is 1. The van der Waals surface area contributed by atoms with Crippen LogP contribution in [0.25, 0.3) is 16.7 Å². The number of nitrogens with zero attached hydrogens (tertiary/aromatic N) is 1. The smallest absolute Gasteiger partial charge is 0.250 e. The molecule has 1 heterocycles. The van der Waals surface area contributed by atoms with E-state index in [-0.39, 0.29) is 6.04 Å². The summed E-state index contributed by atoms with van der Waals surface area (Å²) in [5, 5.41) is 0. The van der Waals surface area contributed by atoms with E-state index in [0.717, 1.165) is 41.6 Å². The third-order valence-corrected chi connectivity index (χ3v) is 4.82. The lowest BCUT2D eigenvalue weighted by atomic mass is 9.90. The Morgan fingerprint density at radius 1 is 1.17 bits per heavy atom. The summed E-state index contributed by atoms with van der Waals surface area (Å²) in [6.07, 6.45) is 2.19. The van der Waals surface area contributed by atoms with Crippen molar-refractivity contribution in [2.75, 3.05) is 19.3 Å². The first-order valence-corrected chi connectivity index (χ1v) is 8.17. The van der Waals surface area contributed by atoms with Crippen LogP contribution in [-0.4, -0.2) is 30.4 Å². The van der Waals surface area contributed by atoms with Crippen LogP contribution in [0, 0.1) is 0 Å². The van der Waals surface area contributed by atoms with Gasteiger partial charge in [0.1, 0.15) is 0 Å². The molecule has 0 spiro atoms. The molecule has 4 nitrogen and oxygen atoms in total. The van der Waals surface area contributed by atoms with Gasteiger partial charge in [-0.15, -0.1) is 0 Å². The fourth-order valence-electron chi connectivity index (χ4n) is 3.45. The number of likely N-dealkylation sites (tertiary alicyclic amines) is 1. The Balaban J connectivity index is 2.12. The quantitative estimate of drug-likeness (QED) is 0.850. The highest BCUT2D eigenvalue weighted by Gasteiger charge is 2.26. The minimum Gasteiger partial charge on any atom is -0.398 e. The van der Waals surface area contributed by atoms with E-state index in [1.54, 1.807) is 6.07 Å². The second-order valence-electron chi connectivity index (χ2n) is 6.38. The highest BCUT2D eigenvalue weighted by atomic mass is 16.1. The summed E-state index contributed by atoms with van der Waals surface area (Å²) in [6.45, 7) is 5.33. The van der Waals surface area contributed by atoms with Gasteiger partial charge in [-0.05, 0) is 55.3 Å². The molecule has 2 aromatic rings. The Bertz CT molecular complexity index is 783. The average molecular weight is 321 g/mol. The molecule has 1 amide bonds. The molecule has 4 N–H and O–H groups in total. The first-order valence-electron chi connectivity index (χ1n) is 8.17. The zero-order valence-electron chi connectivity index (χ0n) is 14.0. The minimum atomic E-state index is -0.515. The number of carbonyl (C=O) groups is 1. The van der Waals surface area contributed by atoms with E-state index in [2.05, 4.69) is 18.5 Å². The Labute approximate surface area is 142 Å². The maximum Gasteiger partial charge on any atom is 0.250 e. The monoisotopic (exact) mass is 321 g/mol. The van der Waals surface area contributed by atoms with E-state index in [0.29, 0.717) is 11.3 Å². The Kier molecular flexibility index (Phi) is 4.40. The number of hydrogen-bond donors (Lipinski definition) is 2. The standard InChI is InChI=1S/C20H23N3O/c1-13(18-9-6-10-23(18)2)16-11-15(14-7-4-3-5-8-14)12-17(19(16)21)20(22)24/h3-5,7-8,11-12,18H,1,6,9-10,21H2,2H3,(H2,22,24). The topological polar surface area (TPSA) is 72.3 Å². The highest BCUT2D eigenvalue weighted by molar-refractivity contribution is 6.02. The Morgan fingerprint density at radius 3 is 2.42 bits per heavy atom. The van der Waals surface area contributed by atoms with Gasteiger partial charge in [0.15, 0.2) is 0 Å². The third-order valence-electron chi connectivity index (χ3n) is 4.82. The number of nitrogen functional groups attached to an aromatic ring is 1. The lowest BCUT2D eigenvalue weighted by Gasteiger charge is -2.24. The van der Waals surface area contributed by atoms with E-state index in [1.807, 2.05) is 36.4 Å². The van der Waals surface area contributed by atoms with Gasteiger partial charge in [0, 0.05) is 11.6 Å². The fourth-order valence-corrected chi connectivity index (χ4v) is 3.45. The molecule has 1 atom stereocenters. The number of anilines is 1. The molecule has 0 aliphatic carbocycles. The Morgan fingerprint density at radius 2 is 1.83 bits per heavy atom. The van der Waals surface area contributed by atoms with Gasteiger partial charge in [-0.2, -0.15) is 0 Å². The Hall–Kier alpha value is -2.59. The number of benzene rings is 2. The molecule has 3 rings (SSSR count). The predicted octanol–water partition coefficient (Wildman–Crippen LogP) is 3.14. The van der Waals surface area contributed by atoms with Crippen molar-refractivity contribution >= 4 is 17.2 Å². The first-order chi connectivity index (χ1) is 11.5. The number of hydrogen-bond acceptors (Lipinski definition) is 3. The molecular formula is C20H23N3O. The summed E-state index contributed by atoms with van der Waals surface area (Å²) in [6, 6.07) is 13.9. The number of amides is 1. The molecule has 124 valence electrons. The van der Waals surface area contributed by atoms with Crippen LogP contribution in [0.3, 0.4) is 0 Å². The maximum absolute atomic E-state index is 11.9. The first kappa shape index (κ1) is 16.3. The van der Waals surface area contributed by atoms with Crippen LogP contribution in [-0.2, 0) is 0 Å². The molecule has 0 saturated carbocycles. The van der Waals surface area contributed by atoms with Crippen molar-refractivity contribution in [1.82, 2.24) is 4.90 Å². The van der Waals surface area contributed by atoms with Crippen LogP contribution in [0.5, 0.6) is 0 Å². The van der Waals surface area contributed by atoms with Gasteiger partial charge >= 0.3 is 0 Å². The van der Waals surface area contributed by atoms with E-state index >= 15 is 0 Å².